The summed E-state index contributed by atoms with van der Waals surface area (Å²) in [6.07, 6.45) is 8.29. The van der Waals surface area contributed by atoms with Crippen molar-refractivity contribution in [2.75, 3.05) is 7.05 Å². The van der Waals surface area contributed by atoms with Crippen molar-refractivity contribution in [2.24, 2.45) is 11.8 Å². The van der Waals surface area contributed by atoms with Crippen molar-refractivity contribution in [1.29, 1.82) is 0 Å². The lowest BCUT2D eigenvalue weighted by atomic mass is 9.87. The highest BCUT2D eigenvalue weighted by molar-refractivity contribution is 7.09. The SMILES string of the molecule is CC(C)[C@H](NC(=O)N(C)Cc1csc(CC2CCCCC2)n1)C(=O)N[C@@H](Cc1ccccc1)C[C@H](O)[C@H](Cc1ccccc1)NC(=O)OCc1cncs1. The molecule has 4 atom stereocenters. The van der Waals surface area contributed by atoms with Crippen molar-refractivity contribution >= 4 is 40.7 Å². The summed E-state index contributed by atoms with van der Waals surface area (Å²) in [7, 11) is 1.71. The molecular formula is C41H54N6O5S2. The quantitative estimate of drug-likeness (QED) is 0.0861. The molecule has 0 aliphatic heterocycles. The van der Waals surface area contributed by atoms with Crippen molar-refractivity contribution in [3.05, 3.63) is 104 Å². The molecule has 290 valence electrons. The molecule has 0 radical (unpaired) electrons. The second-order valence-corrected chi connectivity index (χ2v) is 16.6. The number of amides is 4. The van der Waals surface area contributed by atoms with Crippen LogP contribution in [0, 0.1) is 11.8 Å². The lowest BCUT2D eigenvalue weighted by molar-refractivity contribution is -0.124. The minimum absolute atomic E-state index is 0.0695. The van der Waals surface area contributed by atoms with Crippen LogP contribution in [-0.2, 0) is 41.9 Å². The zero-order valence-electron chi connectivity index (χ0n) is 31.5. The normalized spacial score (nSPS) is 15.5. The van der Waals surface area contributed by atoms with E-state index in [0.717, 1.165) is 33.1 Å². The van der Waals surface area contributed by atoms with Gasteiger partial charge in [-0.05, 0) is 42.2 Å². The zero-order chi connectivity index (χ0) is 38.3. The lowest BCUT2D eigenvalue weighted by Gasteiger charge is -2.30. The van der Waals surface area contributed by atoms with Gasteiger partial charge in [-0.25, -0.2) is 14.6 Å². The number of alkyl carbamates (subject to hydrolysis) is 1. The van der Waals surface area contributed by atoms with E-state index in [1.54, 1.807) is 35.0 Å². The van der Waals surface area contributed by atoms with Gasteiger partial charge in [-0.2, -0.15) is 0 Å². The van der Waals surface area contributed by atoms with Gasteiger partial charge in [0.1, 0.15) is 12.6 Å². The van der Waals surface area contributed by atoms with Crippen LogP contribution in [0.5, 0.6) is 0 Å². The van der Waals surface area contributed by atoms with E-state index < -0.39 is 30.3 Å². The molecule has 1 aliphatic rings. The van der Waals surface area contributed by atoms with Gasteiger partial charge < -0.3 is 30.7 Å². The number of aliphatic hydroxyl groups excluding tert-OH is 1. The fourth-order valence-electron chi connectivity index (χ4n) is 6.88. The van der Waals surface area contributed by atoms with Gasteiger partial charge in [0.25, 0.3) is 0 Å². The van der Waals surface area contributed by atoms with Gasteiger partial charge in [-0.15, -0.1) is 22.7 Å². The molecule has 0 spiro atoms. The lowest BCUT2D eigenvalue weighted by Crippen LogP contribution is -2.55. The van der Waals surface area contributed by atoms with Gasteiger partial charge in [0, 0.05) is 31.1 Å². The third kappa shape index (κ3) is 13.2. The number of aromatic nitrogens is 2. The Labute approximate surface area is 327 Å². The first-order valence-electron chi connectivity index (χ1n) is 18.9. The van der Waals surface area contributed by atoms with Crippen LogP contribution >= 0.6 is 22.7 Å². The predicted molar refractivity (Wildman–Crippen MR) is 213 cm³/mol. The van der Waals surface area contributed by atoms with Crippen LogP contribution in [0.2, 0.25) is 0 Å². The number of nitrogens with zero attached hydrogens (tertiary/aromatic N) is 3. The summed E-state index contributed by atoms with van der Waals surface area (Å²) >= 11 is 3.04. The van der Waals surface area contributed by atoms with E-state index >= 15 is 0 Å². The first kappa shape index (κ1) is 40.8. The van der Waals surface area contributed by atoms with Crippen molar-refractivity contribution in [3.8, 4) is 0 Å². The Kier molecular flexibility index (Phi) is 15.8. The minimum Gasteiger partial charge on any atom is -0.444 e. The molecule has 2 aromatic carbocycles. The molecule has 0 unspecified atom stereocenters. The van der Waals surface area contributed by atoms with Crippen molar-refractivity contribution in [1.82, 2.24) is 30.8 Å². The largest absolute Gasteiger partial charge is 0.444 e. The summed E-state index contributed by atoms with van der Waals surface area (Å²) < 4.78 is 5.45. The van der Waals surface area contributed by atoms with Crippen LogP contribution in [0.25, 0.3) is 0 Å². The zero-order valence-corrected chi connectivity index (χ0v) is 33.1. The second kappa shape index (κ2) is 20.9. The Hall–Kier alpha value is -4.33. The fraction of sp³-hybridized carbons (Fsp3) is 0.488. The number of carbonyl (C=O) groups excluding carboxylic acids is 3. The van der Waals surface area contributed by atoms with Gasteiger partial charge in [0.2, 0.25) is 5.91 Å². The van der Waals surface area contributed by atoms with E-state index in [9.17, 15) is 19.5 Å². The third-order valence-electron chi connectivity index (χ3n) is 9.85. The van der Waals surface area contributed by atoms with E-state index in [0.29, 0.717) is 25.3 Å². The maximum atomic E-state index is 14.0. The van der Waals surface area contributed by atoms with Crippen molar-refractivity contribution < 1.29 is 24.2 Å². The van der Waals surface area contributed by atoms with E-state index in [2.05, 4.69) is 20.9 Å². The number of aliphatic hydroxyl groups is 1. The molecular weight excluding hydrogens is 721 g/mol. The smallest absolute Gasteiger partial charge is 0.407 e. The number of hydrogen-bond acceptors (Lipinski definition) is 9. The number of thiazole rings is 2. The highest BCUT2D eigenvalue weighted by Crippen LogP contribution is 2.28. The third-order valence-corrected chi connectivity index (χ3v) is 11.5. The molecule has 11 nitrogen and oxygen atoms in total. The highest BCUT2D eigenvalue weighted by atomic mass is 32.1. The molecule has 4 amide bonds. The molecule has 54 heavy (non-hydrogen) atoms. The molecule has 4 aromatic rings. The van der Waals surface area contributed by atoms with Crippen LogP contribution in [0.3, 0.4) is 0 Å². The average Bonchev–Trinajstić information content (AvgIpc) is 3.86. The standard InChI is InChI=1S/C41H54N6O5S2/c1-28(2)38(46-40(50)47(3)24-33-26-53-37(43-33)21-31-17-11-6-12-18-31)39(49)44-32(19-29-13-7-4-8-14-29)22-36(48)35(20-30-15-9-5-10-16-30)45-41(51)52-25-34-23-42-27-54-34/h4-5,7-10,13-16,23,26-28,31-32,35-36,38,48H,6,11-12,17-22,24-25H2,1-3H3,(H,44,49)(H,45,51)(H,46,50)/t32-,35-,36-,38-/m0/s1. The molecule has 1 saturated carbocycles. The highest BCUT2D eigenvalue weighted by Gasteiger charge is 2.31. The molecule has 1 fully saturated rings. The number of benzene rings is 2. The molecule has 5 rings (SSSR count). The van der Waals surface area contributed by atoms with E-state index in [1.807, 2.05) is 79.9 Å². The molecule has 1 aliphatic carbocycles. The summed E-state index contributed by atoms with van der Waals surface area (Å²) in [5, 5.41) is 23.8. The van der Waals surface area contributed by atoms with Crippen LogP contribution < -0.4 is 16.0 Å². The number of carbonyl (C=O) groups is 3. The monoisotopic (exact) mass is 774 g/mol. The van der Waals surface area contributed by atoms with E-state index in [-0.39, 0.29) is 30.9 Å². The molecule has 2 heterocycles. The Morgan fingerprint density at radius 3 is 2.26 bits per heavy atom. The molecule has 0 bridgehead atoms. The second-order valence-electron chi connectivity index (χ2n) is 14.7. The Bertz CT molecular complexity index is 1720. The van der Waals surface area contributed by atoms with Crippen molar-refractivity contribution in [3.63, 3.8) is 0 Å². The maximum Gasteiger partial charge on any atom is 0.407 e. The van der Waals surface area contributed by atoms with Crippen molar-refractivity contribution in [2.45, 2.75) is 109 Å². The summed E-state index contributed by atoms with van der Waals surface area (Å²) in [5.41, 5.74) is 4.42. The Morgan fingerprint density at radius 1 is 0.926 bits per heavy atom. The maximum absolute atomic E-state index is 14.0. The number of ether oxygens (including phenoxy) is 1. The van der Waals surface area contributed by atoms with Gasteiger partial charge >= 0.3 is 12.1 Å². The van der Waals surface area contributed by atoms with E-state index in [4.69, 9.17) is 9.72 Å². The minimum atomic E-state index is -1.05. The van der Waals surface area contributed by atoms with Gasteiger partial charge in [-0.3, -0.25) is 9.78 Å². The molecule has 4 N–H and O–H groups in total. The van der Waals surface area contributed by atoms with E-state index in [1.165, 1.54) is 43.4 Å². The van der Waals surface area contributed by atoms with Crippen LogP contribution in [0.15, 0.2) is 77.8 Å². The summed E-state index contributed by atoms with van der Waals surface area (Å²) in [4.78, 5) is 51.6. The summed E-state index contributed by atoms with van der Waals surface area (Å²) in [6.45, 7) is 4.19. The number of urea groups is 1. The van der Waals surface area contributed by atoms with Crippen LogP contribution in [-0.4, -0.2) is 69.3 Å². The predicted octanol–water partition coefficient (Wildman–Crippen LogP) is 6.90. The number of hydrogen-bond donors (Lipinski definition) is 4. The summed E-state index contributed by atoms with van der Waals surface area (Å²) in [5.74, 6) is 0.129. The molecule has 0 saturated heterocycles. The van der Waals surface area contributed by atoms with Crippen LogP contribution in [0.4, 0.5) is 9.59 Å². The number of nitrogens with one attached hydrogen (secondary N) is 3. The Balaban J connectivity index is 1.23. The average molecular weight is 775 g/mol. The van der Waals surface area contributed by atoms with Crippen LogP contribution in [0.1, 0.15) is 79.1 Å². The molecule has 2 aromatic heterocycles. The Morgan fingerprint density at radius 2 is 1.61 bits per heavy atom. The fourth-order valence-corrected chi connectivity index (χ4v) is 8.29. The van der Waals surface area contributed by atoms with Gasteiger partial charge in [0.15, 0.2) is 0 Å². The first-order chi connectivity index (χ1) is 26.1. The summed E-state index contributed by atoms with van der Waals surface area (Å²) in [6, 6.07) is 16.9. The van der Waals surface area contributed by atoms with Gasteiger partial charge in [0.05, 0.1) is 39.8 Å². The first-order valence-corrected chi connectivity index (χ1v) is 20.7. The topological polar surface area (TPSA) is 146 Å². The molecule has 13 heteroatoms. The number of rotatable bonds is 18. The van der Waals surface area contributed by atoms with Gasteiger partial charge in [-0.1, -0.05) is 107 Å².